The SMILES string of the molecule is CC.CC.CC.CC(C)(C)c1nc2ccccc2c2nc3cc4c(cc3n12)C(C)(C)CC4(C)C.CCCC. The standard InChI is InChI=1S/C25H29N3.C4H10.3C2H6/c1-23(2,3)22-27-18-11-9-8-10-15(18)21-26-19-12-16-17(13-20(19)28(21)22)25(6,7)14-24(16,4)5;1-3-4-2;3*1-2/h8-13H,14H2,1-7H3;3-4H2,1-2H3;3*1-2H3. The second kappa shape index (κ2) is 13.6. The first-order valence-corrected chi connectivity index (χ1v) is 15.2. The van der Waals surface area contributed by atoms with E-state index in [0.717, 1.165) is 34.3 Å². The van der Waals surface area contributed by atoms with Gasteiger partial charge in [-0.05, 0) is 52.6 Å². The minimum atomic E-state index is -0.0796. The Hall–Kier alpha value is -2.42. The van der Waals surface area contributed by atoms with E-state index < -0.39 is 0 Å². The highest BCUT2D eigenvalue weighted by atomic mass is 15.1. The molecule has 0 radical (unpaired) electrons. The zero-order valence-electron chi connectivity index (χ0n) is 27.4. The summed E-state index contributed by atoms with van der Waals surface area (Å²) in [5.74, 6) is 1.07. The Labute approximate surface area is 234 Å². The maximum absolute atomic E-state index is 5.13. The summed E-state index contributed by atoms with van der Waals surface area (Å²) in [5, 5.41) is 1.12. The third kappa shape index (κ3) is 6.58. The minimum absolute atomic E-state index is 0.0796. The molecule has 2 aromatic carbocycles. The van der Waals surface area contributed by atoms with Crippen LogP contribution >= 0.6 is 0 Å². The van der Waals surface area contributed by atoms with E-state index in [1.807, 2.05) is 41.5 Å². The second-order valence-electron chi connectivity index (χ2n) is 11.8. The fraction of sp³-hybridized carbons (Fsp3) is 0.600. The van der Waals surface area contributed by atoms with Crippen LogP contribution in [0.25, 0.3) is 27.6 Å². The van der Waals surface area contributed by atoms with Gasteiger partial charge in [-0.2, -0.15) is 0 Å². The predicted octanol–water partition coefficient (Wildman–Crippen LogP) is 11.2. The molecule has 0 atom stereocenters. The Kier molecular flexibility index (Phi) is 12.0. The Morgan fingerprint density at radius 1 is 0.737 bits per heavy atom. The summed E-state index contributed by atoms with van der Waals surface area (Å²) >= 11 is 0. The molecular formula is C35H57N3. The fourth-order valence-electron chi connectivity index (χ4n) is 5.36. The van der Waals surface area contributed by atoms with Crippen LogP contribution in [0, 0.1) is 0 Å². The number of unbranched alkanes of at least 4 members (excludes halogenated alkanes) is 1. The summed E-state index contributed by atoms with van der Waals surface area (Å²) in [4.78, 5) is 10.2. The Balaban J connectivity index is 0.000000641. The highest BCUT2D eigenvalue weighted by Gasteiger charge is 2.42. The summed E-state index contributed by atoms with van der Waals surface area (Å²) in [6, 6.07) is 13.1. The number of nitrogens with zero attached hydrogens (tertiary/aromatic N) is 3. The van der Waals surface area contributed by atoms with Gasteiger partial charge in [-0.15, -0.1) is 0 Å². The molecule has 3 heteroatoms. The van der Waals surface area contributed by atoms with Crippen LogP contribution in [-0.4, -0.2) is 14.4 Å². The van der Waals surface area contributed by atoms with Crippen molar-refractivity contribution in [3.05, 3.63) is 53.3 Å². The van der Waals surface area contributed by atoms with Gasteiger partial charge in [0.15, 0.2) is 0 Å². The number of hydrogen-bond donors (Lipinski definition) is 0. The van der Waals surface area contributed by atoms with Crippen molar-refractivity contribution in [2.45, 2.75) is 139 Å². The molecule has 38 heavy (non-hydrogen) atoms. The molecule has 2 heterocycles. The molecule has 0 saturated heterocycles. The van der Waals surface area contributed by atoms with Crippen LogP contribution < -0.4 is 0 Å². The second-order valence-corrected chi connectivity index (χ2v) is 11.8. The topological polar surface area (TPSA) is 30.2 Å². The smallest absolute Gasteiger partial charge is 0.148 e. The zero-order chi connectivity index (χ0) is 29.5. The van der Waals surface area contributed by atoms with Crippen LogP contribution in [0.15, 0.2) is 36.4 Å². The number of imidazole rings is 1. The molecule has 0 unspecified atom stereocenters. The van der Waals surface area contributed by atoms with Gasteiger partial charge in [-0.25, -0.2) is 9.97 Å². The Bertz CT molecular complexity index is 1300. The average molecular weight is 520 g/mol. The van der Waals surface area contributed by atoms with Crippen molar-refractivity contribution in [3.63, 3.8) is 0 Å². The molecule has 1 aliphatic carbocycles. The third-order valence-corrected chi connectivity index (χ3v) is 6.89. The molecule has 4 aromatic rings. The van der Waals surface area contributed by atoms with Crippen molar-refractivity contribution < 1.29 is 0 Å². The van der Waals surface area contributed by atoms with Gasteiger partial charge in [0, 0.05) is 10.8 Å². The van der Waals surface area contributed by atoms with Gasteiger partial charge in [0.2, 0.25) is 0 Å². The Morgan fingerprint density at radius 3 is 1.74 bits per heavy atom. The molecule has 3 nitrogen and oxygen atoms in total. The molecule has 0 fully saturated rings. The van der Waals surface area contributed by atoms with Gasteiger partial charge in [0.1, 0.15) is 11.5 Å². The van der Waals surface area contributed by atoms with E-state index in [-0.39, 0.29) is 16.2 Å². The lowest BCUT2D eigenvalue weighted by Crippen LogP contribution is -2.19. The largest absolute Gasteiger partial charge is 0.279 e. The Morgan fingerprint density at radius 2 is 1.24 bits per heavy atom. The van der Waals surface area contributed by atoms with Crippen LogP contribution in [0.1, 0.15) is 140 Å². The first kappa shape index (κ1) is 33.6. The van der Waals surface area contributed by atoms with Crippen molar-refractivity contribution >= 4 is 27.6 Å². The highest BCUT2D eigenvalue weighted by Crippen LogP contribution is 2.50. The first-order chi connectivity index (χ1) is 17.9. The molecular weight excluding hydrogens is 462 g/mol. The maximum atomic E-state index is 5.13. The monoisotopic (exact) mass is 519 g/mol. The molecule has 1 aliphatic rings. The molecule has 2 aromatic heterocycles. The van der Waals surface area contributed by atoms with Gasteiger partial charge < -0.3 is 0 Å². The summed E-state index contributed by atoms with van der Waals surface area (Å²) in [6.45, 7) is 32.5. The lowest BCUT2D eigenvalue weighted by atomic mass is 9.82. The van der Waals surface area contributed by atoms with Crippen molar-refractivity contribution in [1.29, 1.82) is 0 Å². The lowest BCUT2D eigenvalue weighted by molar-refractivity contribution is 0.403. The lowest BCUT2D eigenvalue weighted by Gasteiger charge is -2.22. The molecule has 0 bridgehead atoms. The molecule has 0 saturated carbocycles. The number of benzene rings is 2. The highest BCUT2D eigenvalue weighted by molar-refractivity contribution is 5.97. The van der Waals surface area contributed by atoms with E-state index in [2.05, 4.69) is 103 Å². The van der Waals surface area contributed by atoms with Crippen molar-refractivity contribution in [2.75, 3.05) is 0 Å². The molecule has 0 amide bonds. The van der Waals surface area contributed by atoms with E-state index in [9.17, 15) is 0 Å². The van der Waals surface area contributed by atoms with E-state index in [0.29, 0.717) is 0 Å². The van der Waals surface area contributed by atoms with Gasteiger partial charge >= 0.3 is 0 Å². The number of fused-ring (bicyclic) bond motifs is 6. The maximum Gasteiger partial charge on any atom is 0.148 e. The molecule has 0 N–H and O–H groups in total. The van der Waals surface area contributed by atoms with Gasteiger partial charge in [0.25, 0.3) is 0 Å². The number of aromatic nitrogens is 3. The summed E-state index contributed by atoms with van der Waals surface area (Å²) in [6.07, 6.45) is 3.80. The average Bonchev–Trinajstić information content (AvgIpc) is 3.37. The van der Waals surface area contributed by atoms with Gasteiger partial charge in [-0.1, -0.05) is 129 Å². The summed E-state index contributed by atoms with van der Waals surface area (Å²) in [7, 11) is 0. The molecule has 0 aliphatic heterocycles. The van der Waals surface area contributed by atoms with Crippen LogP contribution in [-0.2, 0) is 16.2 Å². The van der Waals surface area contributed by atoms with Crippen LogP contribution in [0.3, 0.4) is 0 Å². The summed E-state index contributed by atoms with van der Waals surface area (Å²) < 4.78 is 2.30. The van der Waals surface area contributed by atoms with Gasteiger partial charge in [0.05, 0.1) is 16.6 Å². The number of rotatable bonds is 1. The summed E-state index contributed by atoms with van der Waals surface area (Å²) in [5.41, 5.74) is 7.47. The molecule has 0 spiro atoms. The van der Waals surface area contributed by atoms with Crippen molar-refractivity contribution in [3.8, 4) is 0 Å². The quantitative estimate of drug-likeness (QED) is 0.250. The van der Waals surface area contributed by atoms with E-state index in [4.69, 9.17) is 9.97 Å². The third-order valence-electron chi connectivity index (χ3n) is 6.89. The van der Waals surface area contributed by atoms with Gasteiger partial charge in [-0.3, -0.25) is 4.40 Å². The fourth-order valence-corrected chi connectivity index (χ4v) is 5.36. The number of hydrogen-bond acceptors (Lipinski definition) is 2. The zero-order valence-corrected chi connectivity index (χ0v) is 27.4. The van der Waals surface area contributed by atoms with E-state index in [1.54, 1.807) is 0 Å². The van der Waals surface area contributed by atoms with Crippen LogP contribution in [0.5, 0.6) is 0 Å². The number of para-hydroxylation sites is 1. The van der Waals surface area contributed by atoms with E-state index >= 15 is 0 Å². The predicted molar refractivity (Wildman–Crippen MR) is 172 cm³/mol. The van der Waals surface area contributed by atoms with Crippen LogP contribution in [0.2, 0.25) is 0 Å². The minimum Gasteiger partial charge on any atom is -0.279 e. The first-order valence-electron chi connectivity index (χ1n) is 15.2. The normalized spacial score (nSPS) is 14.7. The van der Waals surface area contributed by atoms with Crippen molar-refractivity contribution in [2.24, 2.45) is 0 Å². The molecule has 212 valence electrons. The van der Waals surface area contributed by atoms with E-state index in [1.165, 1.54) is 29.5 Å². The van der Waals surface area contributed by atoms with Crippen LogP contribution in [0.4, 0.5) is 0 Å². The molecule has 5 rings (SSSR count). The van der Waals surface area contributed by atoms with Crippen molar-refractivity contribution in [1.82, 2.24) is 14.4 Å².